The third kappa shape index (κ3) is 1.44. The van der Waals surface area contributed by atoms with Gasteiger partial charge in [0.15, 0.2) is 12.0 Å². The van der Waals surface area contributed by atoms with Crippen molar-refractivity contribution in [2.75, 3.05) is 0 Å². The van der Waals surface area contributed by atoms with Crippen LogP contribution in [0.1, 0.15) is 31.7 Å². The van der Waals surface area contributed by atoms with Gasteiger partial charge in [-0.3, -0.25) is 0 Å². The molecule has 0 saturated heterocycles. The van der Waals surface area contributed by atoms with E-state index in [0.717, 1.165) is 17.5 Å². The average molecular weight is 175 g/mol. The molecular formula is C11H13NO. The smallest absolute Gasteiger partial charge is 0.181 e. The number of oxazole rings is 1. The van der Waals surface area contributed by atoms with E-state index < -0.39 is 0 Å². The second kappa shape index (κ2) is 3.21. The molecule has 1 aromatic heterocycles. The predicted octanol–water partition coefficient (Wildman–Crippen LogP) is 3.34. The van der Waals surface area contributed by atoms with Crippen LogP contribution >= 0.6 is 0 Å². The summed E-state index contributed by atoms with van der Waals surface area (Å²) >= 11 is 0. The van der Waals surface area contributed by atoms with E-state index >= 15 is 0 Å². The zero-order valence-corrected chi connectivity index (χ0v) is 7.95. The molecule has 0 aliphatic rings. The van der Waals surface area contributed by atoms with E-state index in [9.17, 15) is 0 Å². The highest BCUT2D eigenvalue weighted by molar-refractivity contribution is 5.72. The number of nitrogens with zero attached hydrogens (tertiary/aromatic N) is 1. The van der Waals surface area contributed by atoms with Gasteiger partial charge in [-0.05, 0) is 30.0 Å². The van der Waals surface area contributed by atoms with Crippen molar-refractivity contribution in [3.8, 4) is 0 Å². The third-order valence-electron chi connectivity index (χ3n) is 2.54. The molecule has 0 N–H and O–H groups in total. The topological polar surface area (TPSA) is 26.0 Å². The van der Waals surface area contributed by atoms with Crippen molar-refractivity contribution in [2.24, 2.45) is 0 Å². The highest BCUT2D eigenvalue weighted by Crippen LogP contribution is 2.22. The molecule has 1 atom stereocenters. The molecule has 0 saturated carbocycles. The number of hydrogen-bond acceptors (Lipinski definition) is 2. The minimum atomic E-state index is 0.598. The number of fused-ring (bicyclic) bond motifs is 1. The molecule has 0 spiro atoms. The highest BCUT2D eigenvalue weighted by atomic mass is 16.3. The van der Waals surface area contributed by atoms with Gasteiger partial charge in [0, 0.05) is 0 Å². The highest BCUT2D eigenvalue weighted by Gasteiger charge is 2.05. The molecule has 0 aliphatic heterocycles. The maximum atomic E-state index is 5.18. The minimum Gasteiger partial charge on any atom is -0.443 e. The van der Waals surface area contributed by atoms with Crippen LogP contribution in [-0.2, 0) is 0 Å². The van der Waals surface area contributed by atoms with Gasteiger partial charge in [0.25, 0.3) is 0 Å². The van der Waals surface area contributed by atoms with Crippen LogP contribution in [0.5, 0.6) is 0 Å². The van der Waals surface area contributed by atoms with E-state index in [1.807, 2.05) is 6.07 Å². The minimum absolute atomic E-state index is 0.598. The first-order valence-corrected chi connectivity index (χ1v) is 4.64. The monoisotopic (exact) mass is 175 g/mol. The average Bonchev–Trinajstić information content (AvgIpc) is 2.63. The normalized spacial score (nSPS) is 13.4. The largest absolute Gasteiger partial charge is 0.443 e. The maximum Gasteiger partial charge on any atom is 0.181 e. The molecule has 2 nitrogen and oxygen atoms in total. The quantitative estimate of drug-likeness (QED) is 0.699. The van der Waals surface area contributed by atoms with Gasteiger partial charge in [-0.2, -0.15) is 0 Å². The Morgan fingerprint density at radius 1 is 1.46 bits per heavy atom. The first kappa shape index (κ1) is 8.30. The summed E-state index contributed by atoms with van der Waals surface area (Å²) in [6.07, 6.45) is 2.65. The molecule has 2 heteroatoms. The van der Waals surface area contributed by atoms with Crippen LogP contribution in [-0.4, -0.2) is 4.98 Å². The van der Waals surface area contributed by atoms with Gasteiger partial charge in [0.1, 0.15) is 5.52 Å². The Morgan fingerprint density at radius 3 is 3.08 bits per heavy atom. The van der Waals surface area contributed by atoms with Crippen molar-refractivity contribution in [1.29, 1.82) is 0 Å². The van der Waals surface area contributed by atoms with E-state index in [4.69, 9.17) is 4.42 Å². The number of hydrogen-bond donors (Lipinski definition) is 0. The van der Waals surface area contributed by atoms with Crippen molar-refractivity contribution < 1.29 is 4.42 Å². The van der Waals surface area contributed by atoms with Crippen LogP contribution in [0.3, 0.4) is 0 Å². The Kier molecular flexibility index (Phi) is 2.05. The van der Waals surface area contributed by atoms with Gasteiger partial charge in [0.2, 0.25) is 0 Å². The number of benzene rings is 1. The Hall–Kier alpha value is -1.31. The van der Waals surface area contributed by atoms with Crippen LogP contribution in [0.4, 0.5) is 0 Å². The van der Waals surface area contributed by atoms with Gasteiger partial charge in [0.05, 0.1) is 0 Å². The molecule has 2 aromatic rings. The van der Waals surface area contributed by atoms with Crippen LogP contribution in [0.25, 0.3) is 11.1 Å². The van der Waals surface area contributed by atoms with Crippen LogP contribution < -0.4 is 0 Å². The lowest BCUT2D eigenvalue weighted by Gasteiger charge is -2.07. The van der Waals surface area contributed by atoms with E-state index in [2.05, 4.69) is 31.0 Å². The molecule has 0 fully saturated rings. The second-order valence-electron chi connectivity index (χ2n) is 3.39. The first-order valence-electron chi connectivity index (χ1n) is 4.64. The number of rotatable bonds is 2. The zero-order valence-electron chi connectivity index (χ0n) is 7.95. The SMILES string of the molecule is CCC(C)c1ccc2ocnc2c1. The lowest BCUT2D eigenvalue weighted by atomic mass is 9.98. The van der Waals surface area contributed by atoms with E-state index in [1.54, 1.807) is 0 Å². The summed E-state index contributed by atoms with van der Waals surface area (Å²) in [6.45, 7) is 4.42. The lowest BCUT2D eigenvalue weighted by molar-refractivity contribution is 0.602. The summed E-state index contributed by atoms with van der Waals surface area (Å²) in [5.41, 5.74) is 3.16. The van der Waals surface area contributed by atoms with Gasteiger partial charge in [-0.1, -0.05) is 19.9 Å². The Balaban J connectivity index is 2.48. The maximum absolute atomic E-state index is 5.18. The second-order valence-corrected chi connectivity index (χ2v) is 3.39. The molecule has 0 bridgehead atoms. The fraction of sp³-hybridized carbons (Fsp3) is 0.364. The Morgan fingerprint density at radius 2 is 2.31 bits per heavy atom. The van der Waals surface area contributed by atoms with Crippen molar-refractivity contribution in [1.82, 2.24) is 4.98 Å². The van der Waals surface area contributed by atoms with Crippen LogP contribution in [0.2, 0.25) is 0 Å². The molecule has 2 rings (SSSR count). The molecular weight excluding hydrogens is 162 g/mol. The Bertz CT molecular complexity index is 405. The first-order chi connectivity index (χ1) is 6.31. The van der Waals surface area contributed by atoms with E-state index in [1.165, 1.54) is 12.0 Å². The van der Waals surface area contributed by atoms with Gasteiger partial charge in [-0.15, -0.1) is 0 Å². The summed E-state index contributed by atoms with van der Waals surface area (Å²) in [6, 6.07) is 6.21. The van der Waals surface area contributed by atoms with Gasteiger partial charge < -0.3 is 4.42 Å². The number of aromatic nitrogens is 1. The standard InChI is InChI=1S/C11H13NO/c1-3-8(2)9-4-5-11-10(6-9)12-7-13-11/h4-8H,3H2,1-2H3. The van der Waals surface area contributed by atoms with Crippen molar-refractivity contribution >= 4 is 11.1 Å². The molecule has 0 radical (unpaired) electrons. The van der Waals surface area contributed by atoms with Crippen molar-refractivity contribution in [3.63, 3.8) is 0 Å². The third-order valence-corrected chi connectivity index (χ3v) is 2.54. The summed E-state index contributed by atoms with van der Waals surface area (Å²) in [4.78, 5) is 4.13. The molecule has 0 amide bonds. The molecule has 1 aromatic carbocycles. The molecule has 13 heavy (non-hydrogen) atoms. The van der Waals surface area contributed by atoms with Crippen LogP contribution in [0, 0.1) is 0 Å². The van der Waals surface area contributed by atoms with Gasteiger partial charge in [-0.25, -0.2) is 4.98 Å². The van der Waals surface area contributed by atoms with E-state index in [0.29, 0.717) is 5.92 Å². The molecule has 1 heterocycles. The molecule has 0 aliphatic carbocycles. The molecule has 1 unspecified atom stereocenters. The van der Waals surface area contributed by atoms with E-state index in [-0.39, 0.29) is 0 Å². The van der Waals surface area contributed by atoms with Crippen molar-refractivity contribution in [3.05, 3.63) is 30.2 Å². The van der Waals surface area contributed by atoms with Gasteiger partial charge >= 0.3 is 0 Å². The predicted molar refractivity (Wildman–Crippen MR) is 52.7 cm³/mol. The summed E-state index contributed by atoms with van der Waals surface area (Å²) in [5, 5.41) is 0. The summed E-state index contributed by atoms with van der Waals surface area (Å²) in [5.74, 6) is 0.598. The Labute approximate surface area is 77.6 Å². The summed E-state index contributed by atoms with van der Waals surface area (Å²) < 4.78 is 5.18. The fourth-order valence-electron chi connectivity index (χ4n) is 1.42. The summed E-state index contributed by atoms with van der Waals surface area (Å²) in [7, 11) is 0. The fourth-order valence-corrected chi connectivity index (χ4v) is 1.42. The van der Waals surface area contributed by atoms with Crippen molar-refractivity contribution in [2.45, 2.75) is 26.2 Å². The molecule has 68 valence electrons. The van der Waals surface area contributed by atoms with Crippen LogP contribution in [0.15, 0.2) is 29.0 Å². The zero-order chi connectivity index (χ0) is 9.26. The lowest BCUT2D eigenvalue weighted by Crippen LogP contribution is -1.90.